The van der Waals surface area contributed by atoms with Crippen LogP contribution in [0.1, 0.15) is 0 Å². The van der Waals surface area contributed by atoms with Crippen molar-refractivity contribution >= 4 is 15.9 Å². The summed E-state index contributed by atoms with van der Waals surface area (Å²) in [5.74, 6) is 0.0507. The molecule has 26 heavy (non-hydrogen) atoms. The van der Waals surface area contributed by atoms with Gasteiger partial charge < -0.3 is 4.74 Å². The van der Waals surface area contributed by atoms with Gasteiger partial charge in [0.1, 0.15) is 5.75 Å². The van der Waals surface area contributed by atoms with E-state index in [2.05, 4.69) is 0 Å². The average Bonchev–Trinajstić information content (AvgIpc) is 3.18. The fourth-order valence-corrected chi connectivity index (χ4v) is 4.06. The van der Waals surface area contributed by atoms with Crippen LogP contribution in [0.5, 0.6) is 5.75 Å². The van der Waals surface area contributed by atoms with E-state index >= 15 is 0 Å². The molecule has 2 aromatic rings. The molecular weight excluding hydrogens is 356 g/mol. The highest BCUT2D eigenvalue weighted by Crippen LogP contribution is 2.26. The maximum absolute atomic E-state index is 12.7. The number of sulfonamides is 1. The average molecular weight is 374 g/mol. The molecule has 2 N–H and O–H groups in total. The molecule has 0 aromatic heterocycles. The van der Waals surface area contributed by atoms with Gasteiger partial charge in [0.15, 0.2) is 0 Å². The number of rotatable bonds is 5. The zero-order valence-electron chi connectivity index (χ0n) is 14.0. The van der Waals surface area contributed by atoms with E-state index < -0.39 is 15.9 Å². The fourth-order valence-electron chi connectivity index (χ4n) is 2.70. The Labute approximate surface area is 151 Å². The van der Waals surface area contributed by atoms with Gasteiger partial charge in [-0.05, 0) is 35.4 Å². The van der Waals surface area contributed by atoms with E-state index in [1.165, 1.54) is 15.9 Å². The zero-order chi connectivity index (χ0) is 18.7. The molecule has 0 saturated heterocycles. The lowest BCUT2D eigenvalue weighted by Gasteiger charge is -2.16. The van der Waals surface area contributed by atoms with Crippen molar-refractivity contribution in [2.24, 2.45) is 0 Å². The monoisotopic (exact) mass is 374 g/mol. The largest absolute Gasteiger partial charge is 0.497 e. The third kappa shape index (κ3) is 3.48. The van der Waals surface area contributed by atoms with Crippen LogP contribution in [-0.4, -0.2) is 44.0 Å². The van der Waals surface area contributed by atoms with Crippen LogP contribution in [0.25, 0.3) is 11.1 Å². The van der Waals surface area contributed by atoms with Gasteiger partial charge in [0.05, 0.1) is 12.0 Å². The predicted molar refractivity (Wildman–Crippen MR) is 95.2 cm³/mol. The summed E-state index contributed by atoms with van der Waals surface area (Å²) in [4.78, 5) is 11.6. The van der Waals surface area contributed by atoms with Crippen LogP contribution in [0, 0.1) is 0 Å². The molecule has 7 nitrogen and oxygen atoms in total. The molecule has 136 valence electrons. The van der Waals surface area contributed by atoms with Crippen LogP contribution in [-0.2, 0) is 14.8 Å². The number of hydrogen-bond donors (Lipinski definition) is 2. The van der Waals surface area contributed by atoms with Crippen molar-refractivity contribution in [1.29, 1.82) is 0 Å². The lowest BCUT2D eigenvalue weighted by molar-refractivity contribution is -0.125. The quantitative estimate of drug-likeness (QED) is 0.615. The van der Waals surface area contributed by atoms with Gasteiger partial charge in [-0.1, -0.05) is 30.3 Å². The molecule has 3 rings (SSSR count). The van der Waals surface area contributed by atoms with Gasteiger partial charge in [0, 0.05) is 18.7 Å². The standard InChI is InChI=1S/C18H18N2O5S/c1-25-16-6-2-13(3-7-16)14-4-8-17(9-5-14)26(23,24)20-11-10-15(12-20)18(21)19-22/h2-10,22H,11-12H2,1H3,(H,19,21). The van der Waals surface area contributed by atoms with Crippen molar-refractivity contribution in [3.8, 4) is 16.9 Å². The zero-order valence-corrected chi connectivity index (χ0v) is 14.9. The Bertz CT molecular complexity index is 935. The number of hydroxylamine groups is 1. The molecule has 1 aliphatic rings. The Morgan fingerprint density at radius 3 is 2.19 bits per heavy atom. The van der Waals surface area contributed by atoms with Gasteiger partial charge in [-0.25, -0.2) is 13.9 Å². The third-order valence-electron chi connectivity index (χ3n) is 4.20. The summed E-state index contributed by atoms with van der Waals surface area (Å²) < 4.78 is 31.7. The summed E-state index contributed by atoms with van der Waals surface area (Å²) in [5, 5.41) is 8.66. The number of carbonyl (C=O) groups is 1. The number of nitrogens with zero attached hydrogens (tertiary/aromatic N) is 1. The van der Waals surface area contributed by atoms with Crippen molar-refractivity contribution in [1.82, 2.24) is 9.79 Å². The molecule has 8 heteroatoms. The van der Waals surface area contributed by atoms with Crippen LogP contribution in [0.3, 0.4) is 0 Å². The minimum atomic E-state index is -3.72. The van der Waals surface area contributed by atoms with Gasteiger partial charge in [-0.3, -0.25) is 10.0 Å². The van der Waals surface area contributed by atoms with Gasteiger partial charge >= 0.3 is 0 Å². The number of methoxy groups -OCH3 is 1. The molecule has 0 radical (unpaired) electrons. The SMILES string of the molecule is COc1ccc(-c2ccc(S(=O)(=O)N3CC=C(C(=O)NO)C3)cc2)cc1. The summed E-state index contributed by atoms with van der Waals surface area (Å²) in [6, 6.07) is 14.0. The Balaban J connectivity index is 1.78. The molecule has 0 saturated carbocycles. The Morgan fingerprint density at radius 1 is 1.08 bits per heavy atom. The third-order valence-corrected chi connectivity index (χ3v) is 6.02. The topological polar surface area (TPSA) is 95.9 Å². The van der Waals surface area contributed by atoms with Gasteiger partial charge in [0.25, 0.3) is 5.91 Å². The van der Waals surface area contributed by atoms with Crippen LogP contribution in [0.4, 0.5) is 0 Å². The molecule has 1 amide bonds. The van der Waals surface area contributed by atoms with Gasteiger partial charge in [0.2, 0.25) is 10.0 Å². The number of carbonyl (C=O) groups excluding carboxylic acids is 1. The van der Waals surface area contributed by atoms with Crippen molar-refractivity contribution in [2.45, 2.75) is 4.90 Å². The molecule has 0 bridgehead atoms. The minimum absolute atomic E-state index is 0.0744. The van der Waals surface area contributed by atoms with E-state index in [-0.39, 0.29) is 23.6 Å². The molecule has 0 aliphatic carbocycles. The fraction of sp³-hybridized carbons (Fsp3) is 0.167. The Morgan fingerprint density at radius 2 is 1.65 bits per heavy atom. The van der Waals surface area contributed by atoms with Crippen LogP contribution in [0.2, 0.25) is 0 Å². The van der Waals surface area contributed by atoms with Crippen molar-refractivity contribution in [2.75, 3.05) is 20.2 Å². The van der Waals surface area contributed by atoms with Gasteiger partial charge in [-0.15, -0.1) is 0 Å². The highest BCUT2D eigenvalue weighted by molar-refractivity contribution is 7.89. The molecule has 1 heterocycles. The van der Waals surface area contributed by atoms with E-state index in [0.717, 1.165) is 16.9 Å². The molecule has 1 aliphatic heterocycles. The highest BCUT2D eigenvalue weighted by atomic mass is 32.2. The first-order valence-corrected chi connectivity index (χ1v) is 9.28. The second-order valence-corrected chi connectivity index (χ2v) is 7.66. The van der Waals surface area contributed by atoms with Crippen LogP contribution < -0.4 is 10.2 Å². The maximum atomic E-state index is 12.7. The van der Waals surface area contributed by atoms with E-state index in [1.807, 2.05) is 24.3 Å². The van der Waals surface area contributed by atoms with Crippen molar-refractivity contribution in [3.63, 3.8) is 0 Å². The summed E-state index contributed by atoms with van der Waals surface area (Å²) in [7, 11) is -2.13. The highest BCUT2D eigenvalue weighted by Gasteiger charge is 2.30. The summed E-state index contributed by atoms with van der Waals surface area (Å²) in [6.07, 6.45) is 1.48. The Hall–Kier alpha value is -2.68. The van der Waals surface area contributed by atoms with Crippen molar-refractivity contribution < 1.29 is 23.2 Å². The lowest BCUT2D eigenvalue weighted by Crippen LogP contribution is -2.31. The van der Waals surface area contributed by atoms with E-state index in [0.29, 0.717) is 0 Å². The van der Waals surface area contributed by atoms with Crippen molar-refractivity contribution in [3.05, 3.63) is 60.2 Å². The van der Waals surface area contributed by atoms with E-state index in [1.54, 1.807) is 31.4 Å². The molecular formula is C18H18N2O5S. The summed E-state index contributed by atoms with van der Waals surface area (Å²) in [6.45, 7) is 0.0142. The number of nitrogens with one attached hydrogen (secondary N) is 1. The molecule has 2 aromatic carbocycles. The smallest absolute Gasteiger partial charge is 0.271 e. The minimum Gasteiger partial charge on any atom is -0.497 e. The van der Waals surface area contributed by atoms with Gasteiger partial charge in [-0.2, -0.15) is 4.31 Å². The summed E-state index contributed by atoms with van der Waals surface area (Å²) >= 11 is 0. The van der Waals surface area contributed by atoms with Crippen LogP contribution in [0.15, 0.2) is 65.1 Å². The normalized spacial score (nSPS) is 14.8. The molecule has 0 spiro atoms. The number of benzene rings is 2. The second-order valence-electron chi connectivity index (χ2n) is 5.72. The molecule has 0 atom stereocenters. The van der Waals surface area contributed by atoms with E-state index in [4.69, 9.17) is 9.94 Å². The molecule has 0 fully saturated rings. The first-order chi connectivity index (χ1) is 12.5. The first-order valence-electron chi connectivity index (χ1n) is 7.84. The van der Waals surface area contributed by atoms with Crippen LogP contribution >= 0.6 is 0 Å². The number of ether oxygens (including phenoxy) is 1. The number of hydrogen-bond acceptors (Lipinski definition) is 5. The summed E-state index contributed by atoms with van der Waals surface area (Å²) in [5.41, 5.74) is 3.55. The number of amides is 1. The maximum Gasteiger partial charge on any atom is 0.271 e. The first kappa shape index (κ1) is 18.1. The Kier molecular flexibility index (Phi) is 5.08. The lowest BCUT2D eigenvalue weighted by atomic mass is 10.1. The predicted octanol–water partition coefficient (Wildman–Crippen LogP) is 1.80. The second kappa shape index (κ2) is 7.28. The molecule has 0 unspecified atom stereocenters. The van der Waals surface area contributed by atoms with E-state index in [9.17, 15) is 13.2 Å².